The Kier molecular flexibility index (Phi) is 6.13. The maximum absolute atomic E-state index is 13.7. The molecule has 2 aromatic carbocycles. The van der Waals surface area contributed by atoms with E-state index in [1.807, 2.05) is 32.0 Å². The fourth-order valence-electron chi connectivity index (χ4n) is 2.44. The van der Waals surface area contributed by atoms with Crippen molar-refractivity contribution in [2.45, 2.75) is 13.8 Å². The molecule has 1 amide bonds. The van der Waals surface area contributed by atoms with Gasteiger partial charge in [0, 0.05) is 0 Å². The summed E-state index contributed by atoms with van der Waals surface area (Å²) in [5.41, 5.74) is 0.980. The second kappa shape index (κ2) is 8.73. The van der Waals surface area contributed by atoms with Gasteiger partial charge in [0.1, 0.15) is 11.5 Å². The number of ether oxygens (including phenoxy) is 2. The third kappa shape index (κ3) is 4.68. The molecule has 0 unspecified atom stereocenters. The summed E-state index contributed by atoms with van der Waals surface area (Å²) in [6.07, 6.45) is 1.74. The first-order valence-electron chi connectivity index (χ1n) is 8.54. The van der Waals surface area contributed by atoms with Crippen LogP contribution in [0.3, 0.4) is 0 Å². The Balaban J connectivity index is 1.84. The van der Waals surface area contributed by atoms with Crippen LogP contribution >= 0.6 is 11.8 Å². The van der Waals surface area contributed by atoms with E-state index in [9.17, 15) is 9.18 Å². The molecule has 5 nitrogen and oxygen atoms in total. The van der Waals surface area contributed by atoms with Gasteiger partial charge in [0.15, 0.2) is 16.7 Å². The predicted octanol–water partition coefficient (Wildman–Crippen LogP) is 4.51. The Hall–Kier alpha value is -2.80. The number of para-hydroxylation sites is 1. The van der Waals surface area contributed by atoms with E-state index in [1.165, 1.54) is 6.07 Å². The monoisotopic (exact) mass is 386 g/mol. The van der Waals surface area contributed by atoms with Crippen molar-refractivity contribution >= 4 is 34.6 Å². The van der Waals surface area contributed by atoms with E-state index in [2.05, 4.69) is 10.3 Å². The second-order valence-corrected chi connectivity index (χ2v) is 6.54. The van der Waals surface area contributed by atoms with Gasteiger partial charge in [-0.05, 0) is 61.5 Å². The highest BCUT2D eigenvalue weighted by Crippen LogP contribution is 2.32. The molecule has 1 fully saturated rings. The molecule has 140 valence electrons. The maximum Gasteiger partial charge on any atom is 0.264 e. The van der Waals surface area contributed by atoms with Crippen LogP contribution in [0.2, 0.25) is 0 Å². The second-order valence-electron chi connectivity index (χ2n) is 5.51. The molecule has 0 atom stereocenters. The maximum atomic E-state index is 13.7. The molecular weight excluding hydrogens is 367 g/mol. The number of carbonyl (C=O) groups excluding carboxylic acids is 1. The largest absolute Gasteiger partial charge is 0.490 e. The Bertz CT molecular complexity index is 912. The van der Waals surface area contributed by atoms with Crippen LogP contribution in [0.15, 0.2) is 52.4 Å². The Labute approximate surface area is 161 Å². The highest BCUT2D eigenvalue weighted by atomic mass is 32.2. The van der Waals surface area contributed by atoms with E-state index >= 15 is 0 Å². The van der Waals surface area contributed by atoms with Gasteiger partial charge in [-0.1, -0.05) is 18.2 Å². The Morgan fingerprint density at radius 1 is 1.11 bits per heavy atom. The number of benzene rings is 2. The van der Waals surface area contributed by atoms with E-state index in [0.29, 0.717) is 34.8 Å². The Morgan fingerprint density at radius 3 is 2.59 bits per heavy atom. The highest BCUT2D eigenvalue weighted by molar-refractivity contribution is 8.18. The number of nitrogens with zero attached hydrogens (tertiary/aromatic N) is 1. The van der Waals surface area contributed by atoms with Crippen molar-refractivity contribution in [2.24, 2.45) is 4.99 Å². The minimum Gasteiger partial charge on any atom is -0.490 e. The molecule has 0 radical (unpaired) electrons. The molecule has 0 saturated carbocycles. The van der Waals surface area contributed by atoms with Crippen LogP contribution in [0.5, 0.6) is 11.5 Å². The van der Waals surface area contributed by atoms with Gasteiger partial charge in [0.05, 0.1) is 18.1 Å². The van der Waals surface area contributed by atoms with Gasteiger partial charge < -0.3 is 14.8 Å². The van der Waals surface area contributed by atoms with Gasteiger partial charge >= 0.3 is 0 Å². The molecule has 0 bridgehead atoms. The van der Waals surface area contributed by atoms with Gasteiger partial charge in [-0.3, -0.25) is 4.79 Å². The van der Waals surface area contributed by atoms with E-state index in [4.69, 9.17) is 9.47 Å². The number of aliphatic imine (C=N–C) groups is 1. The SMILES string of the molecule is CCOc1ccc(/C=C2\SC(=Nc3ccccc3F)NC2=O)cc1OCC. The summed E-state index contributed by atoms with van der Waals surface area (Å²) < 4.78 is 24.9. The molecule has 2 aromatic rings. The average Bonchev–Trinajstić information content (AvgIpc) is 2.99. The van der Waals surface area contributed by atoms with Gasteiger partial charge in [0.2, 0.25) is 0 Å². The van der Waals surface area contributed by atoms with E-state index in [1.54, 1.807) is 24.3 Å². The number of halogens is 1. The minimum absolute atomic E-state index is 0.182. The minimum atomic E-state index is -0.440. The zero-order chi connectivity index (χ0) is 19.2. The highest BCUT2D eigenvalue weighted by Gasteiger charge is 2.24. The van der Waals surface area contributed by atoms with Gasteiger partial charge in [-0.15, -0.1) is 0 Å². The fraction of sp³-hybridized carbons (Fsp3) is 0.200. The van der Waals surface area contributed by atoms with Gasteiger partial charge in [-0.25, -0.2) is 9.38 Å². The first kappa shape index (κ1) is 19.0. The lowest BCUT2D eigenvalue weighted by Crippen LogP contribution is -2.19. The zero-order valence-corrected chi connectivity index (χ0v) is 15.8. The van der Waals surface area contributed by atoms with Crippen molar-refractivity contribution < 1.29 is 18.7 Å². The summed E-state index contributed by atoms with van der Waals surface area (Å²) in [7, 11) is 0. The van der Waals surface area contributed by atoms with Crippen LogP contribution in [0.25, 0.3) is 6.08 Å². The zero-order valence-electron chi connectivity index (χ0n) is 15.0. The molecule has 0 aromatic heterocycles. The predicted molar refractivity (Wildman–Crippen MR) is 106 cm³/mol. The van der Waals surface area contributed by atoms with Crippen LogP contribution in [0.4, 0.5) is 10.1 Å². The summed E-state index contributed by atoms with van der Waals surface area (Å²) in [4.78, 5) is 16.9. The van der Waals surface area contributed by atoms with Crippen molar-refractivity contribution in [1.29, 1.82) is 0 Å². The van der Waals surface area contributed by atoms with Crippen LogP contribution in [-0.4, -0.2) is 24.3 Å². The number of carbonyl (C=O) groups is 1. The number of amides is 1. The number of nitrogens with one attached hydrogen (secondary N) is 1. The van der Waals surface area contributed by atoms with E-state index in [-0.39, 0.29) is 11.6 Å². The normalized spacial score (nSPS) is 16.6. The first-order chi connectivity index (χ1) is 13.1. The fourth-order valence-corrected chi connectivity index (χ4v) is 3.28. The number of thioether (sulfide) groups is 1. The summed E-state index contributed by atoms with van der Waals surface area (Å²) in [5, 5.41) is 2.99. The lowest BCUT2D eigenvalue weighted by atomic mass is 10.2. The van der Waals surface area contributed by atoms with Crippen molar-refractivity contribution in [3.8, 4) is 11.5 Å². The van der Waals surface area contributed by atoms with Crippen molar-refractivity contribution in [1.82, 2.24) is 5.32 Å². The smallest absolute Gasteiger partial charge is 0.264 e. The number of amidine groups is 1. The van der Waals surface area contributed by atoms with Gasteiger partial charge in [0.25, 0.3) is 5.91 Å². The molecule has 3 rings (SSSR count). The molecule has 1 aliphatic rings. The van der Waals surface area contributed by atoms with Crippen LogP contribution in [0, 0.1) is 5.82 Å². The molecule has 1 saturated heterocycles. The standard InChI is InChI=1S/C20H19FN2O3S/c1-3-25-16-10-9-13(11-17(16)26-4-2)12-18-19(24)23-20(27-18)22-15-8-6-5-7-14(15)21/h5-12H,3-4H2,1-2H3,(H,22,23,24)/b18-12-. The van der Waals surface area contributed by atoms with Crippen molar-refractivity contribution in [2.75, 3.05) is 13.2 Å². The molecule has 7 heteroatoms. The van der Waals surface area contributed by atoms with Crippen molar-refractivity contribution in [3.05, 3.63) is 58.8 Å². The summed E-state index contributed by atoms with van der Waals surface area (Å²) in [6.45, 7) is 4.84. The summed E-state index contributed by atoms with van der Waals surface area (Å²) >= 11 is 1.16. The van der Waals surface area contributed by atoms with Crippen LogP contribution < -0.4 is 14.8 Å². The summed E-state index contributed by atoms with van der Waals surface area (Å²) in [6, 6.07) is 11.6. The number of hydrogen-bond acceptors (Lipinski definition) is 5. The Morgan fingerprint density at radius 2 is 1.85 bits per heavy atom. The number of rotatable bonds is 6. The third-order valence-corrected chi connectivity index (χ3v) is 4.50. The molecule has 1 N–H and O–H groups in total. The molecule has 0 spiro atoms. The summed E-state index contributed by atoms with van der Waals surface area (Å²) in [5.74, 6) is 0.566. The average molecular weight is 386 g/mol. The lowest BCUT2D eigenvalue weighted by molar-refractivity contribution is -0.115. The molecule has 0 aliphatic carbocycles. The molecule has 1 aliphatic heterocycles. The number of hydrogen-bond donors (Lipinski definition) is 1. The lowest BCUT2D eigenvalue weighted by Gasteiger charge is -2.11. The van der Waals surface area contributed by atoms with Gasteiger partial charge in [-0.2, -0.15) is 0 Å². The molecular formula is C20H19FN2O3S. The van der Waals surface area contributed by atoms with Crippen LogP contribution in [-0.2, 0) is 4.79 Å². The topological polar surface area (TPSA) is 59.9 Å². The van der Waals surface area contributed by atoms with Crippen molar-refractivity contribution in [3.63, 3.8) is 0 Å². The molecule has 27 heavy (non-hydrogen) atoms. The van der Waals surface area contributed by atoms with E-state index in [0.717, 1.165) is 17.3 Å². The first-order valence-corrected chi connectivity index (χ1v) is 9.36. The van der Waals surface area contributed by atoms with E-state index < -0.39 is 5.82 Å². The van der Waals surface area contributed by atoms with Crippen LogP contribution in [0.1, 0.15) is 19.4 Å². The quantitative estimate of drug-likeness (QED) is 0.742. The molecule has 1 heterocycles. The third-order valence-electron chi connectivity index (χ3n) is 3.59.